The molecule has 1 fully saturated rings. The maximum atomic E-state index is 14.7. The Labute approximate surface area is 129 Å². The second kappa shape index (κ2) is 5.01. The maximum absolute atomic E-state index is 14.7. The first-order valence-electron chi connectivity index (χ1n) is 6.56. The van der Waals surface area contributed by atoms with Crippen LogP contribution in [0.2, 0.25) is 0 Å². The van der Waals surface area contributed by atoms with Crippen molar-refractivity contribution in [2.24, 2.45) is 0 Å². The zero-order chi connectivity index (χ0) is 18.8. The lowest BCUT2D eigenvalue weighted by molar-refractivity contribution is -0.444. The Morgan fingerprint density at radius 2 is 1.21 bits per heavy atom. The van der Waals surface area contributed by atoms with Crippen LogP contribution in [0.15, 0.2) is 30.3 Å². The first-order chi connectivity index (χ1) is 10.7. The van der Waals surface area contributed by atoms with Gasteiger partial charge in [-0.3, -0.25) is 0 Å². The van der Waals surface area contributed by atoms with Crippen molar-refractivity contribution in [1.29, 1.82) is 0 Å². The van der Waals surface area contributed by atoms with Gasteiger partial charge in [-0.25, -0.2) is 8.78 Å². The van der Waals surface area contributed by atoms with Crippen molar-refractivity contribution in [3.8, 4) is 0 Å². The SMILES string of the molecule is CC(c1ccccc1)C1(F)C(F)C(F)(F)C(F)(F)C(F)(F)C1(F)F. The average molecular weight is 368 g/mol. The summed E-state index contributed by atoms with van der Waals surface area (Å²) in [5.74, 6) is -28.9. The van der Waals surface area contributed by atoms with Gasteiger partial charge in [-0.05, 0) is 5.56 Å². The van der Waals surface area contributed by atoms with Gasteiger partial charge in [0.25, 0.3) is 0 Å². The first-order valence-corrected chi connectivity index (χ1v) is 6.56. The third-order valence-corrected chi connectivity index (χ3v) is 4.31. The second-order valence-electron chi connectivity index (χ2n) is 5.61. The van der Waals surface area contributed by atoms with Gasteiger partial charge in [0.1, 0.15) is 0 Å². The van der Waals surface area contributed by atoms with Crippen LogP contribution in [-0.4, -0.2) is 35.5 Å². The van der Waals surface area contributed by atoms with Gasteiger partial charge in [-0.1, -0.05) is 37.3 Å². The van der Waals surface area contributed by atoms with E-state index in [1.165, 1.54) is 6.07 Å². The molecule has 0 N–H and O–H groups in total. The van der Waals surface area contributed by atoms with E-state index < -0.39 is 47.0 Å². The highest BCUT2D eigenvalue weighted by Gasteiger charge is 2.95. The molecule has 136 valence electrons. The maximum Gasteiger partial charge on any atom is 0.381 e. The summed E-state index contributed by atoms with van der Waals surface area (Å²) in [6.07, 6.45) is -4.86. The number of rotatable bonds is 2. The molecule has 3 atom stereocenters. The molecular formula is C14H10F10. The minimum absolute atomic E-state index is 0.450. The van der Waals surface area contributed by atoms with Gasteiger partial charge in [0, 0.05) is 5.92 Å². The van der Waals surface area contributed by atoms with Gasteiger partial charge in [-0.15, -0.1) is 0 Å². The van der Waals surface area contributed by atoms with E-state index in [0.29, 0.717) is 6.92 Å². The van der Waals surface area contributed by atoms with E-state index >= 15 is 0 Å². The molecule has 0 radical (unpaired) electrons. The van der Waals surface area contributed by atoms with E-state index in [1.54, 1.807) is 0 Å². The Bertz CT molecular complexity index is 611. The second-order valence-corrected chi connectivity index (χ2v) is 5.61. The van der Waals surface area contributed by atoms with Gasteiger partial charge < -0.3 is 0 Å². The monoisotopic (exact) mass is 368 g/mol. The number of benzene rings is 1. The molecule has 1 aliphatic rings. The molecule has 1 aromatic rings. The lowest BCUT2D eigenvalue weighted by Gasteiger charge is -2.52. The molecule has 1 aliphatic carbocycles. The van der Waals surface area contributed by atoms with Crippen LogP contribution in [0.3, 0.4) is 0 Å². The summed E-state index contributed by atoms with van der Waals surface area (Å²) in [4.78, 5) is 0. The van der Waals surface area contributed by atoms with E-state index in [9.17, 15) is 43.9 Å². The molecule has 3 unspecified atom stereocenters. The number of hydrogen-bond acceptors (Lipinski definition) is 0. The van der Waals surface area contributed by atoms with Crippen molar-refractivity contribution in [1.82, 2.24) is 0 Å². The standard InChI is InChI=1S/C14H10F10/c1-7(8-5-3-2-4-6-8)10(16)9(15)11(17,18)13(21,22)14(23,24)12(10,19)20/h2-7,9H,1H3. The molecule has 10 heteroatoms. The summed E-state index contributed by atoms with van der Waals surface area (Å²) in [5.41, 5.74) is -5.79. The predicted octanol–water partition coefficient (Wildman–Crippen LogP) is 5.39. The molecule has 0 bridgehead atoms. The Morgan fingerprint density at radius 3 is 1.67 bits per heavy atom. The lowest BCUT2D eigenvalue weighted by Crippen LogP contribution is -2.80. The van der Waals surface area contributed by atoms with E-state index in [-0.39, 0.29) is 0 Å². The quantitative estimate of drug-likeness (QED) is 0.614. The molecular weight excluding hydrogens is 358 g/mol. The van der Waals surface area contributed by atoms with E-state index in [0.717, 1.165) is 24.3 Å². The predicted molar refractivity (Wildman–Crippen MR) is 63.4 cm³/mol. The van der Waals surface area contributed by atoms with E-state index in [2.05, 4.69) is 0 Å². The largest absolute Gasteiger partial charge is 0.381 e. The van der Waals surface area contributed by atoms with Crippen LogP contribution < -0.4 is 0 Å². The van der Waals surface area contributed by atoms with Gasteiger partial charge in [0.15, 0.2) is 0 Å². The zero-order valence-corrected chi connectivity index (χ0v) is 11.8. The Kier molecular flexibility index (Phi) is 3.94. The molecule has 0 heterocycles. The summed E-state index contributed by atoms with van der Waals surface area (Å²) in [6, 6.07) is 5.38. The fraction of sp³-hybridized carbons (Fsp3) is 0.571. The summed E-state index contributed by atoms with van der Waals surface area (Å²) < 4.78 is 136. The summed E-state index contributed by atoms with van der Waals surface area (Å²) in [6.45, 7) is 0.450. The van der Waals surface area contributed by atoms with Crippen molar-refractivity contribution in [2.45, 2.75) is 48.4 Å². The third-order valence-electron chi connectivity index (χ3n) is 4.31. The summed E-state index contributed by atoms with van der Waals surface area (Å²) >= 11 is 0. The molecule has 2 rings (SSSR count). The molecule has 0 aliphatic heterocycles. The zero-order valence-electron chi connectivity index (χ0n) is 11.8. The third kappa shape index (κ3) is 1.88. The van der Waals surface area contributed by atoms with Crippen molar-refractivity contribution >= 4 is 0 Å². The summed E-state index contributed by atoms with van der Waals surface area (Å²) in [7, 11) is 0. The molecule has 1 saturated carbocycles. The molecule has 0 aromatic heterocycles. The van der Waals surface area contributed by atoms with E-state index in [1.807, 2.05) is 0 Å². The Balaban J connectivity index is 2.72. The molecule has 0 spiro atoms. The molecule has 0 amide bonds. The summed E-state index contributed by atoms with van der Waals surface area (Å²) in [5, 5.41) is 0. The number of hydrogen-bond donors (Lipinski definition) is 0. The van der Waals surface area contributed by atoms with Crippen molar-refractivity contribution < 1.29 is 43.9 Å². The van der Waals surface area contributed by atoms with Gasteiger partial charge in [0.2, 0.25) is 11.8 Å². The fourth-order valence-electron chi connectivity index (χ4n) is 2.70. The minimum Gasteiger partial charge on any atom is -0.237 e. The van der Waals surface area contributed by atoms with Crippen molar-refractivity contribution in [3.63, 3.8) is 0 Å². The first kappa shape index (κ1) is 18.9. The highest BCUT2D eigenvalue weighted by Crippen LogP contribution is 2.67. The normalized spacial score (nSPS) is 34.5. The van der Waals surface area contributed by atoms with Crippen LogP contribution in [0, 0.1) is 0 Å². The Morgan fingerprint density at radius 1 is 0.750 bits per heavy atom. The van der Waals surface area contributed by atoms with Crippen LogP contribution in [-0.2, 0) is 0 Å². The van der Waals surface area contributed by atoms with Crippen LogP contribution in [0.25, 0.3) is 0 Å². The Hall–Kier alpha value is -1.48. The number of halogens is 10. The molecule has 24 heavy (non-hydrogen) atoms. The van der Waals surface area contributed by atoms with Crippen LogP contribution >= 0.6 is 0 Å². The highest BCUT2D eigenvalue weighted by atomic mass is 19.4. The lowest BCUT2D eigenvalue weighted by atomic mass is 9.67. The van der Waals surface area contributed by atoms with Crippen LogP contribution in [0.5, 0.6) is 0 Å². The van der Waals surface area contributed by atoms with Gasteiger partial charge in [-0.2, -0.15) is 35.1 Å². The van der Waals surface area contributed by atoms with Gasteiger partial charge >= 0.3 is 23.7 Å². The number of alkyl halides is 10. The molecule has 1 aromatic carbocycles. The van der Waals surface area contributed by atoms with Crippen LogP contribution in [0.4, 0.5) is 43.9 Å². The average Bonchev–Trinajstić information content (AvgIpc) is 2.51. The minimum atomic E-state index is -6.80. The molecule has 0 saturated heterocycles. The van der Waals surface area contributed by atoms with E-state index in [4.69, 9.17) is 0 Å². The highest BCUT2D eigenvalue weighted by molar-refractivity contribution is 5.32. The van der Waals surface area contributed by atoms with Crippen molar-refractivity contribution in [2.75, 3.05) is 0 Å². The smallest absolute Gasteiger partial charge is 0.237 e. The van der Waals surface area contributed by atoms with Crippen molar-refractivity contribution in [3.05, 3.63) is 35.9 Å². The fourth-order valence-corrected chi connectivity index (χ4v) is 2.70. The van der Waals surface area contributed by atoms with Crippen LogP contribution in [0.1, 0.15) is 18.4 Å². The molecule has 0 nitrogen and oxygen atoms in total. The van der Waals surface area contributed by atoms with Gasteiger partial charge in [0.05, 0.1) is 0 Å². The topological polar surface area (TPSA) is 0 Å².